The molecule has 21 heavy (non-hydrogen) atoms. The summed E-state index contributed by atoms with van der Waals surface area (Å²) in [7, 11) is 1.83. The van der Waals surface area contributed by atoms with Crippen molar-refractivity contribution in [2.24, 2.45) is 0 Å². The van der Waals surface area contributed by atoms with E-state index >= 15 is 0 Å². The van der Waals surface area contributed by atoms with Gasteiger partial charge in [0.15, 0.2) is 0 Å². The van der Waals surface area contributed by atoms with E-state index < -0.39 is 0 Å². The fraction of sp³-hybridized carbons (Fsp3) is 0.733. The van der Waals surface area contributed by atoms with Crippen LogP contribution in [-0.4, -0.2) is 66.2 Å². The molecule has 1 spiro atoms. The second-order valence-corrected chi connectivity index (χ2v) is 6.40. The van der Waals surface area contributed by atoms with Crippen LogP contribution in [0.1, 0.15) is 25.7 Å². The lowest BCUT2D eigenvalue weighted by Gasteiger charge is -2.49. The number of fused-ring (bicyclic) bond motifs is 2. The Morgan fingerprint density at radius 2 is 2.14 bits per heavy atom. The third-order valence-corrected chi connectivity index (χ3v) is 4.92. The molecule has 0 saturated carbocycles. The number of hydrogen-bond acceptors (Lipinski definition) is 3. The summed E-state index contributed by atoms with van der Waals surface area (Å²) in [6, 6.07) is 0.433. The number of rotatable bonds is 2. The molecule has 1 N–H and O–H groups in total. The van der Waals surface area contributed by atoms with Crippen LogP contribution in [-0.2, 0) is 9.53 Å². The molecule has 3 aliphatic heterocycles. The summed E-state index contributed by atoms with van der Waals surface area (Å²) in [5, 5.41) is 2.87. The Morgan fingerprint density at radius 1 is 1.48 bits per heavy atom. The minimum absolute atomic E-state index is 0.00232. The average molecular weight is 293 g/mol. The number of nitrogens with one attached hydrogen (secondary N) is 1. The molecule has 0 aromatic rings. The minimum Gasteiger partial charge on any atom is -0.363 e. The largest absolute Gasteiger partial charge is 0.363 e. The molecule has 3 rings (SSSR count). The number of amides is 3. The van der Waals surface area contributed by atoms with Crippen molar-refractivity contribution in [2.75, 3.05) is 26.7 Å². The Kier molecular flexibility index (Phi) is 3.65. The Labute approximate surface area is 125 Å². The standard InChI is InChI=1S/C15H23N3O3/c1-3-6-16-14(20)18-11-4-5-12(18)8-15(7-11)10-17(2)13(19)9-21-15/h3,11-12H,1,4-10H2,2H3,(H,16,20). The van der Waals surface area contributed by atoms with Gasteiger partial charge in [0.1, 0.15) is 6.61 Å². The minimum atomic E-state index is -0.260. The number of hydrogen-bond donors (Lipinski definition) is 1. The first-order chi connectivity index (χ1) is 10.0. The second-order valence-electron chi connectivity index (χ2n) is 6.40. The molecule has 6 heteroatoms. The van der Waals surface area contributed by atoms with Crippen molar-refractivity contribution in [3.63, 3.8) is 0 Å². The van der Waals surface area contributed by atoms with Crippen molar-refractivity contribution in [3.05, 3.63) is 12.7 Å². The van der Waals surface area contributed by atoms with Crippen LogP contribution < -0.4 is 5.32 Å². The van der Waals surface area contributed by atoms with Crippen LogP contribution in [0.5, 0.6) is 0 Å². The molecule has 3 fully saturated rings. The van der Waals surface area contributed by atoms with Crippen molar-refractivity contribution in [2.45, 2.75) is 43.4 Å². The summed E-state index contributed by atoms with van der Waals surface area (Å²) in [6.45, 7) is 4.92. The lowest BCUT2D eigenvalue weighted by molar-refractivity contribution is -0.171. The van der Waals surface area contributed by atoms with Gasteiger partial charge in [0.2, 0.25) is 5.91 Å². The van der Waals surface area contributed by atoms with Crippen molar-refractivity contribution in [3.8, 4) is 0 Å². The zero-order chi connectivity index (χ0) is 15.0. The van der Waals surface area contributed by atoms with Crippen LogP contribution in [0.4, 0.5) is 4.79 Å². The third kappa shape index (κ3) is 2.52. The first-order valence-corrected chi connectivity index (χ1v) is 7.60. The van der Waals surface area contributed by atoms with E-state index in [1.807, 2.05) is 11.9 Å². The molecule has 6 nitrogen and oxygen atoms in total. The van der Waals surface area contributed by atoms with Gasteiger partial charge in [-0.25, -0.2) is 4.79 Å². The maximum absolute atomic E-state index is 12.3. The van der Waals surface area contributed by atoms with Crippen LogP contribution in [0.15, 0.2) is 12.7 Å². The maximum Gasteiger partial charge on any atom is 0.318 e. The monoisotopic (exact) mass is 293 g/mol. The molecule has 0 aromatic carbocycles. The van der Waals surface area contributed by atoms with E-state index in [1.54, 1.807) is 11.0 Å². The SMILES string of the molecule is C=CCNC(=O)N1C2CCC1CC1(C2)CN(C)C(=O)CO1. The molecule has 0 aromatic heterocycles. The number of urea groups is 1. The Bertz CT molecular complexity index is 451. The summed E-state index contributed by atoms with van der Waals surface area (Å²) >= 11 is 0. The van der Waals surface area contributed by atoms with E-state index in [4.69, 9.17) is 4.74 Å². The van der Waals surface area contributed by atoms with Gasteiger partial charge in [-0.2, -0.15) is 0 Å². The molecule has 0 radical (unpaired) electrons. The fourth-order valence-electron chi connectivity index (χ4n) is 4.02. The predicted molar refractivity (Wildman–Crippen MR) is 77.8 cm³/mol. The van der Waals surface area contributed by atoms with Crippen molar-refractivity contribution >= 4 is 11.9 Å². The number of piperidine rings is 1. The summed E-state index contributed by atoms with van der Waals surface area (Å²) < 4.78 is 5.91. The van der Waals surface area contributed by atoms with Crippen molar-refractivity contribution in [1.82, 2.24) is 15.1 Å². The van der Waals surface area contributed by atoms with Crippen LogP contribution >= 0.6 is 0 Å². The van der Waals surface area contributed by atoms with Gasteiger partial charge in [0, 0.05) is 32.2 Å². The average Bonchev–Trinajstić information content (AvgIpc) is 2.74. The molecule has 2 bridgehead atoms. The number of ether oxygens (including phenoxy) is 1. The van der Waals surface area contributed by atoms with Gasteiger partial charge in [-0.05, 0) is 25.7 Å². The molecule has 3 aliphatic rings. The van der Waals surface area contributed by atoms with Crippen molar-refractivity contribution in [1.29, 1.82) is 0 Å². The zero-order valence-corrected chi connectivity index (χ0v) is 12.5. The van der Waals surface area contributed by atoms with Crippen LogP contribution in [0.3, 0.4) is 0 Å². The first-order valence-electron chi connectivity index (χ1n) is 7.60. The molecule has 116 valence electrons. The highest BCUT2D eigenvalue weighted by molar-refractivity contribution is 5.78. The normalized spacial score (nSPS) is 35.2. The van der Waals surface area contributed by atoms with Crippen LogP contribution in [0.2, 0.25) is 0 Å². The maximum atomic E-state index is 12.3. The molecule has 3 amide bonds. The molecule has 2 unspecified atom stereocenters. The van der Waals surface area contributed by atoms with Gasteiger partial charge >= 0.3 is 6.03 Å². The quantitative estimate of drug-likeness (QED) is 0.764. The molecular weight excluding hydrogens is 270 g/mol. The van der Waals surface area contributed by atoms with Gasteiger partial charge < -0.3 is 19.9 Å². The number of nitrogens with zero attached hydrogens (tertiary/aromatic N) is 2. The molecular formula is C15H23N3O3. The smallest absolute Gasteiger partial charge is 0.318 e. The van der Waals surface area contributed by atoms with Gasteiger partial charge in [0.05, 0.1) is 5.60 Å². The Hall–Kier alpha value is -1.56. The number of morpholine rings is 1. The molecule has 0 aliphatic carbocycles. The van der Waals surface area contributed by atoms with Crippen LogP contribution in [0.25, 0.3) is 0 Å². The fourth-order valence-corrected chi connectivity index (χ4v) is 4.02. The Balaban J connectivity index is 1.70. The zero-order valence-electron chi connectivity index (χ0n) is 12.5. The third-order valence-electron chi connectivity index (χ3n) is 4.92. The number of carbonyl (C=O) groups is 2. The van der Waals surface area contributed by atoms with E-state index in [1.165, 1.54) is 0 Å². The highest BCUT2D eigenvalue weighted by atomic mass is 16.5. The highest BCUT2D eigenvalue weighted by Crippen LogP contribution is 2.43. The molecule has 3 saturated heterocycles. The van der Waals surface area contributed by atoms with E-state index in [9.17, 15) is 9.59 Å². The first kappa shape index (κ1) is 14.4. The molecule has 3 heterocycles. The van der Waals surface area contributed by atoms with E-state index in [0.717, 1.165) is 25.7 Å². The number of likely N-dealkylation sites (N-methyl/N-ethyl adjacent to an activating group) is 1. The topological polar surface area (TPSA) is 61.9 Å². The van der Waals surface area contributed by atoms with Gasteiger partial charge in [-0.1, -0.05) is 6.08 Å². The lowest BCUT2D eigenvalue weighted by atomic mass is 9.84. The summed E-state index contributed by atoms with van der Waals surface area (Å²) in [4.78, 5) is 27.6. The molecule has 2 atom stereocenters. The predicted octanol–water partition coefficient (Wildman–Crippen LogP) is 0.736. The van der Waals surface area contributed by atoms with Crippen LogP contribution in [0, 0.1) is 0 Å². The summed E-state index contributed by atoms with van der Waals surface area (Å²) in [6.07, 6.45) is 5.38. The second kappa shape index (κ2) is 5.33. The van der Waals surface area contributed by atoms with E-state index in [-0.39, 0.29) is 36.2 Å². The van der Waals surface area contributed by atoms with Gasteiger partial charge in [-0.3, -0.25) is 4.79 Å². The lowest BCUT2D eigenvalue weighted by Crippen LogP contribution is -2.62. The highest BCUT2D eigenvalue weighted by Gasteiger charge is 2.52. The van der Waals surface area contributed by atoms with E-state index in [0.29, 0.717) is 13.1 Å². The van der Waals surface area contributed by atoms with Crippen molar-refractivity contribution < 1.29 is 14.3 Å². The van der Waals surface area contributed by atoms with Gasteiger partial charge in [0.25, 0.3) is 0 Å². The van der Waals surface area contributed by atoms with E-state index in [2.05, 4.69) is 11.9 Å². The summed E-state index contributed by atoms with van der Waals surface area (Å²) in [5.74, 6) is 0.0409. The number of carbonyl (C=O) groups excluding carboxylic acids is 2. The Morgan fingerprint density at radius 3 is 2.71 bits per heavy atom. The van der Waals surface area contributed by atoms with Gasteiger partial charge in [-0.15, -0.1) is 6.58 Å². The summed E-state index contributed by atoms with van der Waals surface area (Å²) in [5.41, 5.74) is -0.260.